The minimum Gasteiger partial charge on any atom is -0.357 e. The third-order valence-electron chi connectivity index (χ3n) is 2.98. The van der Waals surface area contributed by atoms with Gasteiger partial charge in [0.2, 0.25) is 0 Å². The zero-order valence-electron chi connectivity index (χ0n) is 11.3. The number of ether oxygens (including phenoxy) is 1. The molecule has 0 saturated carbocycles. The van der Waals surface area contributed by atoms with Crippen LogP contribution in [-0.2, 0) is 9.53 Å². The Bertz CT molecular complexity index is 312. The predicted octanol–water partition coefficient (Wildman–Crippen LogP) is 2.53. The molecule has 0 saturated heterocycles. The van der Waals surface area contributed by atoms with E-state index in [1.54, 1.807) is 6.08 Å². The second kappa shape index (κ2) is 5.50. The number of amides is 1. The van der Waals surface area contributed by atoms with Gasteiger partial charge >= 0.3 is 0 Å². The van der Waals surface area contributed by atoms with Crippen LogP contribution in [-0.4, -0.2) is 35.1 Å². The van der Waals surface area contributed by atoms with Crippen LogP contribution in [0.1, 0.15) is 34.1 Å². The maximum absolute atomic E-state index is 12.6. The average Bonchev–Trinajstić information content (AvgIpc) is 2.66. The summed E-state index contributed by atoms with van der Waals surface area (Å²) in [6, 6.07) is 0.337. The fraction of sp³-hybridized carbons (Fsp3) is 0.643. The van der Waals surface area contributed by atoms with Crippen molar-refractivity contribution in [2.75, 3.05) is 6.61 Å². The average molecular weight is 237 g/mol. The Balaban J connectivity index is 2.98. The molecular weight excluding hydrogens is 214 g/mol. The Morgan fingerprint density at radius 1 is 1.47 bits per heavy atom. The van der Waals surface area contributed by atoms with Gasteiger partial charge in [-0.15, -0.1) is 6.58 Å². The summed E-state index contributed by atoms with van der Waals surface area (Å²) in [5.41, 5.74) is -0.823. The highest BCUT2D eigenvalue weighted by molar-refractivity contribution is 5.88. The summed E-state index contributed by atoms with van der Waals surface area (Å²) in [5.74, 6) is 0.0381. The van der Waals surface area contributed by atoms with E-state index in [-0.39, 0.29) is 18.0 Å². The molecule has 1 unspecified atom stereocenters. The molecule has 0 N–H and O–H groups in total. The number of carbonyl (C=O) groups is 1. The van der Waals surface area contributed by atoms with Crippen LogP contribution >= 0.6 is 0 Å². The van der Waals surface area contributed by atoms with E-state index in [9.17, 15) is 4.79 Å². The second-order valence-corrected chi connectivity index (χ2v) is 5.00. The Kier molecular flexibility index (Phi) is 4.52. The van der Waals surface area contributed by atoms with Crippen molar-refractivity contribution >= 4 is 5.91 Å². The summed E-state index contributed by atoms with van der Waals surface area (Å²) in [6.07, 6.45) is 6.04. The smallest absolute Gasteiger partial charge is 0.259 e. The van der Waals surface area contributed by atoms with E-state index >= 15 is 0 Å². The maximum atomic E-state index is 12.6. The number of hydrogen-bond donors (Lipinski definition) is 0. The molecule has 1 atom stereocenters. The first-order valence-electron chi connectivity index (χ1n) is 6.20. The summed E-state index contributed by atoms with van der Waals surface area (Å²) >= 11 is 0. The molecule has 0 aromatic heterocycles. The largest absolute Gasteiger partial charge is 0.357 e. The van der Waals surface area contributed by atoms with Gasteiger partial charge in [0, 0.05) is 18.5 Å². The van der Waals surface area contributed by atoms with Gasteiger partial charge in [-0.05, 0) is 33.8 Å². The maximum Gasteiger partial charge on any atom is 0.259 e. The molecule has 1 heterocycles. The molecule has 3 heteroatoms. The highest BCUT2D eigenvalue weighted by atomic mass is 16.5. The molecule has 0 aliphatic carbocycles. The normalized spacial score (nSPS) is 23.4. The van der Waals surface area contributed by atoms with Gasteiger partial charge in [0.05, 0.1) is 6.61 Å². The quantitative estimate of drug-likeness (QED) is 0.688. The minimum absolute atomic E-state index is 0.0381. The molecule has 0 fully saturated rings. The molecule has 3 nitrogen and oxygen atoms in total. The van der Waals surface area contributed by atoms with Gasteiger partial charge in [0.1, 0.15) is 0 Å². The highest BCUT2D eigenvalue weighted by Gasteiger charge is 2.42. The van der Waals surface area contributed by atoms with Crippen molar-refractivity contribution < 1.29 is 9.53 Å². The van der Waals surface area contributed by atoms with Crippen LogP contribution in [0.3, 0.4) is 0 Å². The van der Waals surface area contributed by atoms with Crippen LogP contribution in [0.4, 0.5) is 0 Å². The lowest BCUT2D eigenvalue weighted by atomic mass is 9.96. The van der Waals surface area contributed by atoms with Crippen molar-refractivity contribution in [3.63, 3.8) is 0 Å². The predicted molar refractivity (Wildman–Crippen MR) is 69.8 cm³/mol. The summed E-state index contributed by atoms with van der Waals surface area (Å²) in [4.78, 5) is 14.5. The van der Waals surface area contributed by atoms with E-state index in [1.165, 1.54) is 0 Å². The van der Waals surface area contributed by atoms with Crippen molar-refractivity contribution in [2.24, 2.45) is 0 Å². The van der Waals surface area contributed by atoms with Crippen LogP contribution in [0.25, 0.3) is 0 Å². The molecule has 0 bridgehead atoms. The first-order chi connectivity index (χ1) is 7.94. The SMILES string of the molecule is C=CCC1(C(=O)N(C(C)C)C(C)C)C=CCO1. The third kappa shape index (κ3) is 2.78. The van der Waals surface area contributed by atoms with Crippen molar-refractivity contribution in [1.29, 1.82) is 0 Å². The van der Waals surface area contributed by atoms with Gasteiger partial charge in [-0.1, -0.05) is 12.2 Å². The fourth-order valence-corrected chi connectivity index (χ4v) is 2.33. The molecule has 1 amide bonds. The molecule has 0 aromatic rings. The van der Waals surface area contributed by atoms with E-state index < -0.39 is 5.60 Å². The summed E-state index contributed by atoms with van der Waals surface area (Å²) in [5, 5.41) is 0. The molecule has 96 valence electrons. The lowest BCUT2D eigenvalue weighted by Crippen LogP contribution is -2.53. The molecule has 1 aliphatic rings. The number of hydrogen-bond acceptors (Lipinski definition) is 2. The summed E-state index contributed by atoms with van der Waals surface area (Å²) < 4.78 is 5.65. The molecular formula is C14H23NO2. The van der Waals surface area contributed by atoms with Gasteiger partial charge in [-0.25, -0.2) is 0 Å². The first-order valence-corrected chi connectivity index (χ1v) is 6.20. The van der Waals surface area contributed by atoms with Gasteiger partial charge in [0.25, 0.3) is 5.91 Å². The van der Waals surface area contributed by atoms with Crippen molar-refractivity contribution in [3.05, 3.63) is 24.8 Å². The lowest BCUT2D eigenvalue weighted by Gasteiger charge is -2.37. The standard InChI is InChI=1S/C14H23NO2/c1-6-8-14(9-7-10-17-14)13(16)15(11(2)3)12(4)5/h6-7,9,11-12H,1,8,10H2,2-5H3. The molecule has 0 radical (unpaired) electrons. The molecule has 1 aliphatic heterocycles. The fourth-order valence-electron chi connectivity index (χ4n) is 2.33. The van der Waals surface area contributed by atoms with Crippen LogP contribution in [0, 0.1) is 0 Å². The third-order valence-corrected chi connectivity index (χ3v) is 2.98. The van der Waals surface area contributed by atoms with Gasteiger partial charge in [-0.3, -0.25) is 4.79 Å². The van der Waals surface area contributed by atoms with Crippen molar-refractivity contribution in [3.8, 4) is 0 Å². The van der Waals surface area contributed by atoms with Gasteiger partial charge in [-0.2, -0.15) is 0 Å². The van der Waals surface area contributed by atoms with Crippen LogP contribution in [0.2, 0.25) is 0 Å². The Hall–Kier alpha value is -1.09. The second-order valence-electron chi connectivity index (χ2n) is 5.00. The van der Waals surface area contributed by atoms with Crippen LogP contribution < -0.4 is 0 Å². The van der Waals surface area contributed by atoms with E-state index in [1.807, 2.05) is 44.7 Å². The number of carbonyl (C=O) groups excluding carboxylic acids is 1. The van der Waals surface area contributed by atoms with E-state index in [0.29, 0.717) is 13.0 Å². The number of nitrogens with zero attached hydrogens (tertiary/aromatic N) is 1. The monoisotopic (exact) mass is 237 g/mol. The topological polar surface area (TPSA) is 29.5 Å². The number of rotatable bonds is 5. The molecule has 17 heavy (non-hydrogen) atoms. The van der Waals surface area contributed by atoms with Gasteiger partial charge in [0.15, 0.2) is 5.60 Å². The lowest BCUT2D eigenvalue weighted by molar-refractivity contribution is -0.153. The zero-order chi connectivity index (χ0) is 13.1. The van der Waals surface area contributed by atoms with Crippen molar-refractivity contribution in [2.45, 2.75) is 51.8 Å². The van der Waals surface area contributed by atoms with E-state index in [2.05, 4.69) is 6.58 Å². The minimum atomic E-state index is -0.823. The van der Waals surface area contributed by atoms with Crippen LogP contribution in [0.5, 0.6) is 0 Å². The summed E-state index contributed by atoms with van der Waals surface area (Å²) in [7, 11) is 0. The Morgan fingerprint density at radius 3 is 2.41 bits per heavy atom. The molecule has 0 aromatic carbocycles. The van der Waals surface area contributed by atoms with E-state index in [4.69, 9.17) is 4.74 Å². The Labute approximate surface area is 104 Å². The molecule has 0 spiro atoms. The van der Waals surface area contributed by atoms with Gasteiger partial charge < -0.3 is 9.64 Å². The highest BCUT2D eigenvalue weighted by Crippen LogP contribution is 2.28. The van der Waals surface area contributed by atoms with Crippen molar-refractivity contribution in [1.82, 2.24) is 4.90 Å². The van der Waals surface area contributed by atoms with Crippen LogP contribution in [0.15, 0.2) is 24.8 Å². The van der Waals surface area contributed by atoms with E-state index in [0.717, 1.165) is 0 Å². The summed E-state index contributed by atoms with van der Waals surface area (Å²) in [6.45, 7) is 12.3. The zero-order valence-corrected chi connectivity index (χ0v) is 11.3. The first kappa shape index (κ1) is 14.0. The Morgan fingerprint density at radius 2 is 2.06 bits per heavy atom. The molecule has 1 rings (SSSR count).